The van der Waals surface area contributed by atoms with Crippen LogP contribution in [0.5, 0.6) is 5.75 Å². The Labute approximate surface area is 162 Å². The van der Waals surface area contributed by atoms with Crippen LogP contribution in [-0.2, 0) is 10.2 Å². The van der Waals surface area contributed by atoms with E-state index in [9.17, 15) is 9.59 Å². The number of carbonyl (C=O) groups is 2. The summed E-state index contributed by atoms with van der Waals surface area (Å²) in [6.45, 7) is 8.00. The number of hydrogen-bond acceptors (Lipinski definition) is 3. The first kappa shape index (κ1) is 20.0. The maximum Gasteiger partial charge on any atom is 0.276 e. The summed E-state index contributed by atoms with van der Waals surface area (Å²) in [4.78, 5) is 24.0. The second kappa shape index (κ2) is 8.36. The largest absolute Gasteiger partial charge is 0.483 e. The van der Waals surface area contributed by atoms with Gasteiger partial charge in [0.1, 0.15) is 5.75 Å². The van der Waals surface area contributed by atoms with Crippen molar-refractivity contribution in [3.05, 3.63) is 63.6 Å². The molecule has 0 aliphatic rings. The second-order valence-electron chi connectivity index (χ2n) is 7.00. The van der Waals surface area contributed by atoms with Crippen molar-refractivity contribution in [1.82, 2.24) is 10.9 Å². The summed E-state index contributed by atoms with van der Waals surface area (Å²) in [5, 5.41) is 0. The molecule has 0 radical (unpaired) electrons. The van der Waals surface area contributed by atoms with Crippen LogP contribution in [0.4, 0.5) is 0 Å². The van der Waals surface area contributed by atoms with Gasteiger partial charge in [-0.25, -0.2) is 0 Å². The van der Waals surface area contributed by atoms with Crippen molar-refractivity contribution in [3.63, 3.8) is 0 Å². The summed E-state index contributed by atoms with van der Waals surface area (Å²) in [5.74, 6) is -0.246. The van der Waals surface area contributed by atoms with Crippen LogP contribution in [0, 0.1) is 6.92 Å². The molecular formula is C20H23BrN2O3. The van der Waals surface area contributed by atoms with E-state index in [-0.39, 0.29) is 17.9 Å². The first-order valence-corrected chi connectivity index (χ1v) is 9.05. The van der Waals surface area contributed by atoms with Gasteiger partial charge in [-0.2, -0.15) is 0 Å². The molecule has 6 heteroatoms. The molecule has 26 heavy (non-hydrogen) atoms. The van der Waals surface area contributed by atoms with Crippen molar-refractivity contribution >= 4 is 27.7 Å². The fourth-order valence-electron chi connectivity index (χ4n) is 2.29. The van der Waals surface area contributed by atoms with E-state index in [2.05, 4.69) is 47.6 Å². The Kier molecular flexibility index (Phi) is 6.42. The van der Waals surface area contributed by atoms with Crippen LogP contribution >= 0.6 is 15.9 Å². The Hall–Kier alpha value is -2.34. The van der Waals surface area contributed by atoms with Gasteiger partial charge in [-0.05, 0) is 57.6 Å². The minimum Gasteiger partial charge on any atom is -0.483 e. The molecule has 2 amide bonds. The van der Waals surface area contributed by atoms with E-state index in [1.165, 1.54) is 0 Å². The molecule has 138 valence electrons. The van der Waals surface area contributed by atoms with Crippen molar-refractivity contribution in [2.45, 2.75) is 33.1 Å². The molecular weight excluding hydrogens is 396 g/mol. The van der Waals surface area contributed by atoms with Crippen molar-refractivity contribution in [3.8, 4) is 5.75 Å². The van der Waals surface area contributed by atoms with Crippen molar-refractivity contribution < 1.29 is 14.3 Å². The summed E-state index contributed by atoms with van der Waals surface area (Å²) in [6.07, 6.45) is 0. The van der Waals surface area contributed by atoms with Gasteiger partial charge in [-0.3, -0.25) is 20.4 Å². The molecule has 2 aromatic rings. The summed E-state index contributed by atoms with van der Waals surface area (Å²) >= 11 is 3.46. The lowest BCUT2D eigenvalue weighted by molar-refractivity contribution is -0.123. The maximum absolute atomic E-state index is 12.1. The van der Waals surface area contributed by atoms with Crippen molar-refractivity contribution in [2.75, 3.05) is 6.61 Å². The number of rotatable bonds is 4. The van der Waals surface area contributed by atoms with E-state index >= 15 is 0 Å². The number of benzene rings is 2. The fourth-order valence-corrected chi connectivity index (χ4v) is 2.78. The minimum absolute atomic E-state index is 0.0261. The number of ether oxygens (including phenoxy) is 1. The average molecular weight is 419 g/mol. The fraction of sp³-hybridized carbons (Fsp3) is 0.300. The third kappa shape index (κ3) is 5.33. The number of nitrogens with one attached hydrogen (secondary N) is 2. The van der Waals surface area contributed by atoms with Crippen LogP contribution in [0.15, 0.2) is 46.9 Å². The monoisotopic (exact) mass is 418 g/mol. The lowest BCUT2D eigenvalue weighted by Gasteiger charge is -2.20. The molecule has 5 nitrogen and oxygen atoms in total. The number of halogens is 1. The average Bonchev–Trinajstić information content (AvgIpc) is 2.58. The Bertz CT molecular complexity index is 813. The molecule has 0 saturated carbocycles. The minimum atomic E-state index is -0.446. The maximum atomic E-state index is 12.1. The molecule has 2 N–H and O–H groups in total. The van der Waals surface area contributed by atoms with E-state index < -0.39 is 5.91 Å². The molecule has 0 bridgehead atoms. The predicted molar refractivity (Wildman–Crippen MR) is 105 cm³/mol. The zero-order chi connectivity index (χ0) is 19.3. The van der Waals surface area contributed by atoms with Crippen LogP contribution < -0.4 is 15.6 Å². The van der Waals surface area contributed by atoms with Crippen LogP contribution in [0.1, 0.15) is 42.3 Å². The number of hydrazine groups is 1. The van der Waals surface area contributed by atoms with Crippen LogP contribution in [0.3, 0.4) is 0 Å². The lowest BCUT2D eigenvalue weighted by Crippen LogP contribution is -2.44. The van der Waals surface area contributed by atoms with E-state index in [0.29, 0.717) is 11.3 Å². The number of hydrogen-bond donors (Lipinski definition) is 2. The Morgan fingerprint density at radius 2 is 1.77 bits per heavy atom. The van der Waals surface area contributed by atoms with Gasteiger partial charge in [0.15, 0.2) is 6.61 Å². The van der Waals surface area contributed by atoms with Gasteiger partial charge < -0.3 is 4.74 Å². The molecule has 0 aliphatic carbocycles. The third-order valence-electron chi connectivity index (χ3n) is 3.86. The number of amides is 2. The van der Waals surface area contributed by atoms with Crippen LogP contribution in [0.25, 0.3) is 0 Å². The van der Waals surface area contributed by atoms with Crippen molar-refractivity contribution in [1.29, 1.82) is 0 Å². The summed E-state index contributed by atoms with van der Waals surface area (Å²) in [6, 6.07) is 12.9. The molecule has 0 fully saturated rings. The first-order chi connectivity index (χ1) is 12.2. The quantitative estimate of drug-likeness (QED) is 0.739. The molecule has 0 aromatic heterocycles. The van der Waals surface area contributed by atoms with E-state index in [1.807, 2.05) is 37.3 Å². The van der Waals surface area contributed by atoms with Crippen LogP contribution in [-0.4, -0.2) is 18.4 Å². The summed E-state index contributed by atoms with van der Waals surface area (Å²) in [5.41, 5.74) is 7.27. The lowest BCUT2D eigenvalue weighted by atomic mass is 9.87. The molecule has 2 aromatic carbocycles. The van der Waals surface area contributed by atoms with Gasteiger partial charge in [-0.1, -0.05) is 45.0 Å². The van der Waals surface area contributed by atoms with Crippen LogP contribution in [0.2, 0.25) is 0 Å². The Morgan fingerprint density at radius 1 is 1.08 bits per heavy atom. The van der Waals surface area contributed by atoms with Gasteiger partial charge in [-0.15, -0.1) is 0 Å². The summed E-state index contributed by atoms with van der Waals surface area (Å²) in [7, 11) is 0. The van der Waals surface area contributed by atoms with E-state index in [4.69, 9.17) is 4.74 Å². The standard InChI is InChI=1S/C20H23BrN2O3/c1-13-7-5-6-8-15(13)19(25)23-22-18(24)12-26-17-10-9-14(11-16(17)21)20(2,3)4/h5-11H,12H2,1-4H3,(H,22,24)(H,23,25). The third-order valence-corrected chi connectivity index (χ3v) is 4.48. The highest BCUT2D eigenvalue weighted by Gasteiger charge is 2.16. The molecule has 0 aliphatic heterocycles. The topological polar surface area (TPSA) is 67.4 Å². The van der Waals surface area contributed by atoms with Gasteiger partial charge in [0.2, 0.25) is 0 Å². The molecule has 0 unspecified atom stereocenters. The Morgan fingerprint density at radius 3 is 2.38 bits per heavy atom. The van der Waals surface area contributed by atoms with Crippen molar-refractivity contribution in [2.24, 2.45) is 0 Å². The zero-order valence-corrected chi connectivity index (χ0v) is 16.9. The van der Waals surface area contributed by atoms with E-state index in [1.54, 1.807) is 12.1 Å². The zero-order valence-electron chi connectivity index (χ0n) is 15.4. The molecule has 2 rings (SSSR count). The second-order valence-corrected chi connectivity index (χ2v) is 7.86. The molecule has 0 spiro atoms. The molecule has 0 heterocycles. The first-order valence-electron chi connectivity index (χ1n) is 8.26. The van der Waals surface area contributed by atoms with Gasteiger partial charge in [0.25, 0.3) is 11.8 Å². The Balaban J connectivity index is 1.87. The number of carbonyl (C=O) groups excluding carboxylic acids is 2. The highest BCUT2D eigenvalue weighted by Crippen LogP contribution is 2.31. The van der Waals surface area contributed by atoms with Gasteiger partial charge in [0, 0.05) is 5.56 Å². The normalized spacial score (nSPS) is 11.0. The predicted octanol–water partition coefficient (Wildman–Crippen LogP) is 3.90. The molecule has 0 saturated heterocycles. The highest BCUT2D eigenvalue weighted by molar-refractivity contribution is 9.10. The summed E-state index contributed by atoms with van der Waals surface area (Å²) < 4.78 is 6.30. The van der Waals surface area contributed by atoms with E-state index in [0.717, 1.165) is 15.6 Å². The van der Waals surface area contributed by atoms with Gasteiger partial charge in [0.05, 0.1) is 4.47 Å². The number of aryl methyl sites for hydroxylation is 1. The SMILES string of the molecule is Cc1ccccc1C(=O)NNC(=O)COc1ccc(C(C)(C)C)cc1Br. The highest BCUT2D eigenvalue weighted by atomic mass is 79.9. The molecule has 0 atom stereocenters. The smallest absolute Gasteiger partial charge is 0.276 e. The van der Waals surface area contributed by atoms with Gasteiger partial charge >= 0.3 is 0 Å².